The van der Waals surface area contributed by atoms with Crippen LogP contribution in [0.4, 0.5) is 11.5 Å². The van der Waals surface area contributed by atoms with Crippen LogP contribution in [0.25, 0.3) is 0 Å². The van der Waals surface area contributed by atoms with E-state index in [9.17, 15) is 4.79 Å². The summed E-state index contributed by atoms with van der Waals surface area (Å²) in [7, 11) is 1.96. The Balaban J connectivity index is 2.13. The summed E-state index contributed by atoms with van der Waals surface area (Å²) in [5.41, 5.74) is 1.92. The second-order valence-electron chi connectivity index (χ2n) is 4.86. The van der Waals surface area contributed by atoms with Gasteiger partial charge in [-0.15, -0.1) is 0 Å². The van der Waals surface area contributed by atoms with Crippen molar-refractivity contribution in [3.63, 3.8) is 0 Å². The average Bonchev–Trinajstić information content (AvgIpc) is 2.80. The van der Waals surface area contributed by atoms with Crippen LogP contribution < -0.4 is 10.2 Å². The van der Waals surface area contributed by atoms with Crippen LogP contribution in [0.2, 0.25) is 0 Å². The molecule has 0 aliphatic carbocycles. The highest BCUT2D eigenvalue weighted by Crippen LogP contribution is 2.37. The number of nitrogens with zero attached hydrogens (tertiary/aromatic N) is 3. The van der Waals surface area contributed by atoms with Gasteiger partial charge in [-0.25, -0.2) is 0 Å². The normalized spacial score (nSPS) is 23.1. The van der Waals surface area contributed by atoms with E-state index in [0.29, 0.717) is 12.5 Å². The van der Waals surface area contributed by atoms with Crippen LogP contribution in [0.15, 0.2) is 0 Å². The maximum absolute atomic E-state index is 11.9. The maximum Gasteiger partial charge on any atom is 0.226 e. The molecule has 1 saturated heterocycles. The Kier molecular flexibility index (Phi) is 2.34. The van der Waals surface area contributed by atoms with E-state index in [1.54, 1.807) is 0 Å². The van der Waals surface area contributed by atoms with E-state index in [4.69, 9.17) is 0 Å². The molecule has 1 unspecified atom stereocenters. The quantitative estimate of drug-likeness (QED) is 0.796. The van der Waals surface area contributed by atoms with Gasteiger partial charge in [-0.3, -0.25) is 9.48 Å². The van der Waals surface area contributed by atoms with Crippen LogP contribution in [-0.4, -0.2) is 28.3 Å². The lowest BCUT2D eigenvalue weighted by Gasteiger charge is -2.23. The summed E-state index contributed by atoms with van der Waals surface area (Å²) in [6, 6.07) is 0.358. The lowest BCUT2D eigenvalue weighted by molar-refractivity contribution is -0.116. The summed E-state index contributed by atoms with van der Waals surface area (Å²) in [6.45, 7) is 3.11. The van der Waals surface area contributed by atoms with Crippen molar-refractivity contribution in [3.8, 4) is 0 Å². The zero-order valence-corrected chi connectivity index (χ0v) is 10.4. The van der Waals surface area contributed by atoms with Gasteiger partial charge < -0.3 is 10.2 Å². The highest BCUT2D eigenvalue weighted by molar-refractivity contribution is 5.97. The zero-order chi connectivity index (χ0) is 12.0. The van der Waals surface area contributed by atoms with E-state index in [-0.39, 0.29) is 5.91 Å². The number of fused-ring (bicyclic) bond motifs is 3. The highest BCUT2D eigenvalue weighted by Gasteiger charge is 2.35. The molecule has 17 heavy (non-hydrogen) atoms. The van der Waals surface area contributed by atoms with Gasteiger partial charge in [0.1, 0.15) is 5.69 Å². The monoisotopic (exact) mass is 234 g/mol. The minimum absolute atomic E-state index is 0.128. The van der Waals surface area contributed by atoms with Crippen LogP contribution in [0.5, 0.6) is 0 Å². The number of nitrogens with one attached hydrogen (secondary N) is 1. The molecule has 0 radical (unpaired) electrons. The van der Waals surface area contributed by atoms with Gasteiger partial charge in [-0.1, -0.05) is 6.92 Å². The van der Waals surface area contributed by atoms with Gasteiger partial charge in [0.2, 0.25) is 5.91 Å². The van der Waals surface area contributed by atoms with Crippen molar-refractivity contribution >= 4 is 17.4 Å². The largest absolute Gasteiger partial charge is 0.352 e. The van der Waals surface area contributed by atoms with E-state index >= 15 is 0 Å². The summed E-state index contributed by atoms with van der Waals surface area (Å²) < 4.78 is 1.91. The topological polar surface area (TPSA) is 50.2 Å². The molecule has 3 heterocycles. The number of rotatable bonds is 1. The number of anilines is 2. The molecule has 0 aromatic carbocycles. The number of carbonyl (C=O) groups excluding carboxylic acids is 1. The fraction of sp³-hybridized carbons (Fsp3) is 0.667. The Hall–Kier alpha value is -1.52. The second-order valence-corrected chi connectivity index (χ2v) is 4.86. The lowest BCUT2D eigenvalue weighted by atomic mass is 10.1. The van der Waals surface area contributed by atoms with Gasteiger partial charge in [0.25, 0.3) is 0 Å². The van der Waals surface area contributed by atoms with Gasteiger partial charge >= 0.3 is 0 Å². The molecule has 1 atom stereocenters. The fourth-order valence-electron chi connectivity index (χ4n) is 3.01. The molecule has 2 aliphatic rings. The van der Waals surface area contributed by atoms with Gasteiger partial charge in [0.15, 0.2) is 5.82 Å². The SMILES string of the molecule is CCc1nn(C)c2c1NC(=O)CC1CCCN21. The van der Waals surface area contributed by atoms with E-state index in [1.165, 1.54) is 6.42 Å². The molecule has 2 aliphatic heterocycles. The highest BCUT2D eigenvalue weighted by atomic mass is 16.1. The minimum atomic E-state index is 0.128. The molecular weight excluding hydrogens is 216 g/mol. The van der Waals surface area contributed by atoms with E-state index in [1.807, 2.05) is 11.7 Å². The molecule has 0 bridgehead atoms. The summed E-state index contributed by atoms with van der Waals surface area (Å²) in [4.78, 5) is 14.2. The standard InChI is InChI=1S/C12H18N4O/c1-3-9-11-12(15(2)14-9)16-6-4-5-8(16)7-10(17)13-11/h8H,3-7H2,1-2H3,(H,13,17). The maximum atomic E-state index is 11.9. The molecule has 5 nitrogen and oxygen atoms in total. The summed E-state index contributed by atoms with van der Waals surface area (Å²) in [5, 5.41) is 7.53. The summed E-state index contributed by atoms with van der Waals surface area (Å²) in [6.07, 6.45) is 3.74. The molecule has 0 spiro atoms. The predicted octanol–water partition coefficient (Wildman–Crippen LogP) is 1.29. The van der Waals surface area contributed by atoms with Gasteiger partial charge in [0.05, 0.1) is 5.69 Å². The summed E-state index contributed by atoms with van der Waals surface area (Å²) in [5.74, 6) is 1.22. The first kappa shape index (κ1) is 10.6. The lowest BCUT2D eigenvalue weighted by Crippen LogP contribution is -2.31. The van der Waals surface area contributed by atoms with Crippen LogP contribution in [-0.2, 0) is 18.3 Å². The van der Waals surface area contributed by atoms with Gasteiger partial charge in [0, 0.05) is 26.1 Å². The number of hydrogen-bond acceptors (Lipinski definition) is 3. The van der Waals surface area contributed by atoms with Crippen molar-refractivity contribution in [2.75, 3.05) is 16.8 Å². The first-order valence-corrected chi connectivity index (χ1v) is 6.33. The van der Waals surface area contributed by atoms with Crippen LogP contribution in [0.1, 0.15) is 31.9 Å². The van der Waals surface area contributed by atoms with Crippen LogP contribution >= 0.6 is 0 Å². The van der Waals surface area contributed by atoms with E-state index in [0.717, 1.165) is 36.6 Å². The molecular formula is C12H18N4O. The molecule has 92 valence electrons. The molecule has 5 heteroatoms. The average molecular weight is 234 g/mol. The van der Waals surface area contributed by atoms with Crippen molar-refractivity contribution < 1.29 is 4.79 Å². The molecule has 1 aromatic heterocycles. The molecule has 3 rings (SSSR count). The molecule has 1 amide bonds. The van der Waals surface area contributed by atoms with Crippen molar-refractivity contribution in [2.45, 2.75) is 38.6 Å². The molecule has 1 fully saturated rings. The number of amides is 1. The van der Waals surface area contributed by atoms with E-state index < -0.39 is 0 Å². The third-order valence-electron chi connectivity index (χ3n) is 3.76. The Morgan fingerprint density at radius 3 is 3.12 bits per heavy atom. The van der Waals surface area contributed by atoms with E-state index in [2.05, 4.69) is 22.2 Å². The van der Waals surface area contributed by atoms with Crippen molar-refractivity contribution in [3.05, 3.63) is 5.69 Å². The van der Waals surface area contributed by atoms with Crippen molar-refractivity contribution in [2.24, 2.45) is 7.05 Å². The first-order valence-electron chi connectivity index (χ1n) is 6.33. The Labute approximate surface area is 101 Å². The van der Waals surface area contributed by atoms with Crippen molar-refractivity contribution in [1.29, 1.82) is 0 Å². The van der Waals surface area contributed by atoms with Crippen molar-refractivity contribution in [1.82, 2.24) is 9.78 Å². The van der Waals surface area contributed by atoms with Crippen LogP contribution in [0.3, 0.4) is 0 Å². The Morgan fingerprint density at radius 1 is 1.53 bits per heavy atom. The smallest absolute Gasteiger partial charge is 0.226 e. The second kappa shape index (κ2) is 3.75. The predicted molar refractivity (Wildman–Crippen MR) is 66.2 cm³/mol. The number of hydrogen-bond donors (Lipinski definition) is 1. The van der Waals surface area contributed by atoms with Gasteiger partial charge in [-0.2, -0.15) is 5.10 Å². The van der Waals surface area contributed by atoms with Crippen LogP contribution in [0, 0.1) is 0 Å². The number of aryl methyl sites for hydroxylation is 2. The van der Waals surface area contributed by atoms with Gasteiger partial charge in [-0.05, 0) is 19.3 Å². The minimum Gasteiger partial charge on any atom is -0.352 e. The number of carbonyl (C=O) groups is 1. The Bertz CT molecular complexity index is 465. The molecule has 1 N–H and O–H groups in total. The molecule has 0 saturated carbocycles. The third-order valence-corrected chi connectivity index (χ3v) is 3.76. The Morgan fingerprint density at radius 2 is 2.35 bits per heavy atom. The first-order chi connectivity index (χ1) is 8.20. The molecule has 1 aromatic rings. The zero-order valence-electron chi connectivity index (χ0n) is 10.4. The fourth-order valence-corrected chi connectivity index (χ4v) is 3.01. The summed E-state index contributed by atoms with van der Waals surface area (Å²) >= 11 is 0. The third kappa shape index (κ3) is 1.52. The number of aromatic nitrogens is 2.